The molecule has 6 nitrogen and oxygen atoms in total. The van der Waals surface area contributed by atoms with Gasteiger partial charge in [-0.05, 0) is 37.3 Å². The van der Waals surface area contributed by atoms with Crippen LogP contribution in [0.15, 0.2) is 42.5 Å². The van der Waals surface area contributed by atoms with Gasteiger partial charge in [-0.2, -0.15) is 0 Å². The normalized spacial score (nSPS) is 12.3. The number of methoxy groups -OCH3 is 1. The summed E-state index contributed by atoms with van der Waals surface area (Å²) in [4.78, 5) is 12.6. The molecule has 9 heteroatoms. The number of rotatable bonds is 6. The van der Waals surface area contributed by atoms with Crippen LogP contribution in [0.4, 0.5) is 11.4 Å². The van der Waals surface area contributed by atoms with Gasteiger partial charge in [0.15, 0.2) is 0 Å². The van der Waals surface area contributed by atoms with Crippen LogP contribution in [-0.4, -0.2) is 33.7 Å². The quantitative estimate of drug-likeness (QED) is 0.776. The molecule has 140 valence electrons. The lowest BCUT2D eigenvalue weighted by atomic mass is 10.2. The summed E-state index contributed by atoms with van der Waals surface area (Å²) in [6, 6.07) is 10.0. The number of anilines is 2. The Labute approximate surface area is 162 Å². The van der Waals surface area contributed by atoms with Crippen molar-refractivity contribution < 1.29 is 17.9 Å². The lowest BCUT2D eigenvalue weighted by Gasteiger charge is -2.28. The van der Waals surface area contributed by atoms with Crippen molar-refractivity contribution in [3.05, 3.63) is 52.5 Å². The van der Waals surface area contributed by atoms with E-state index in [1.807, 2.05) is 0 Å². The van der Waals surface area contributed by atoms with Crippen LogP contribution in [0.25, 0.3) is 0 Å². The molecule has 0 aromatic heterocycles. The molecule has 26 heavy (non-hydrogen) atoms. The maximum atomic E-state index is 12.6. The summed E-state index contributed by atoms with van der Waals surface area (Å²) in [5.41, 5.74) is 0.692. The van der Waals surface area contributed by atoms with E-state index in [0.717, 1.165) is 10.6 Å². The van der Waals surface area contributed by atoms with Crippen LogP contribution in [0.2, 0.25) is 10.0 Å². The highest BCUT2D eigenvalue weighted by atomic mass is 35.5. The van der Waals surface area contributed by atoms with Crippen LogP contribution in [0.3, 0.4) is 0 Å². The van der Waals surface area contributed by atoms with Gasteiger partial charge in [0.25, 0.3) is 0 Å². The van der Waals surface area contributed by atoms with Crippen LogP contribution in [-0.2, 0) is 14.8 Å². The third kappa shape index (κ3) is 5.03. The van der Waals surface area contributed by atoms with Gasteiger partial charge in [-0.25, -0.2) is 8.42 Å². The van der Waals surface area contributed by atoms with Crippen LogP contribution in [0, 0.1) is 0 Å². The Kier molecular flexibility index (Phi) is 6.39. The number of nitrogens with zero attached hydrogens (tertiary/aromatic N) is 1. The Bertz CT molecular complexity index is 898. The van der Waals surface area contributed by atoms with Crippen molar-refractivity contribution in [2.75, 3.05) is 23.0 Å². The highest BCUT2D eigenvalue weighted by Gasteiger charge is 2.29. The van der Waals surface area contributed by atoms with E-state index in [1.54, 1.807) is 24.3 Å². The van der Waals surface area contributed by atoms with E-state index in [-0.39, 0.29) is 0 Å². The molecule has 0 aliphatic heterocycles. The summed E-state index contributed by atoms with van der Waals surface area (Å²) in [6.07, 6.45) is 1.03. The molecule has 0 bridgehead atoms. The van der Waals surface area contributed by atoms with Gasteiger partial charge in [0.2, 0.25) is 15.9 Å². The Morgan fingerprint density at radius 2 is 1.77 bits per heavy atom. The van der Waals surface area contributed by atoms with Crippen molar-refractivity contribution in [2.45, 2.75) is 13.0 Å². The standard InChI is InChI=1S/C17H18Cl2N2O4S/c1-11(17(22)20-14-8-12(18)7-13(19)9-14)21(26(3,23)24)15-5-4-6-16(10-15)25-2/h4-11H,1-3H3,(H,20,22). The number of halogens is 2. The highest BCUT2D eigenvalue weighted by Crippen LogP contribution is 2.27. The van der Waals surface area contributed by atoms with E-state index in [9.17, 15) is 13.2 Å². The highest BCUT2D eigenvalue weighted by molar-refractivity contribution is 7.92. The van der Waals surface area contributed by atoms with Gasteiger partial charge in [0.05, 0.1) is 19.1 Å². The summed E-state index contributed by atoms with van der Waals surface area (Å²) in [6.45, 7) is 1.49. The smallest absolute Gasteiger partial charge is 0.247 e. The maximum absolute atomic E-state index is 12.6. The summed E-state index contributed by atoms with van der Waals surface area (Å²) in [5, 5.41) is 3.34. The molecular weight excluding hydrogens is 399 g/mol. The zero-order chi connectivity index (χ0) is 19.5. The summed E-state index contributed by atoms with van der Waals surface area (Å²) in [5.74, 6) is -0.0537. The second-order valence-corrected chi connectivity index (χ2v) is 8.32. The fourth-order valence-corrected chi connectivity index (χ4v) is 4.12. The zero-order valence-corrected chi connectivity index (χ0v) is 16.7. The van der Waals surface area contributed by atoms with Crippen LogP contribution < -0.4 is 14.4 Å². The first-order chi connectivity index (χ1) is 12.1. The Morgan fingerprint density at radius 1 is 1.15 bits per heavy atom. The topological polar surface area (TPSA) is 75.7 Å². The average molecular weight is 417 g/mol. The van der Waals surface area contributed by atoms with Gasteiger partial charge in [0.1, 0.15) is 11.8 Å². The van der Waals surface area contributed by atoms with Gasteiger partial charge in [-0.3, -0.25) is 9.10 Å². The average Bonchev–Trinajstić information content (AvgIpc) is 2.52. The first-order valence-corrected chi connectivity index (χ1v) is 10.1. The van der Waals surface area contributed by atoms with Crippen LogP contribution in [0.1, 0.15) is 6.92 Å². The predicted molar refractivity (Wildman–Crippen MR) is 105 cm³/mol. The number of ether oxygens (including phenoxy) is 1. The molecule has 1 amide bonds. The fraction of sp³-hybridized carbons (Fsp3) is 0.235. The van der Waals surface area contributed by atoms with E-state index in [1.165, 1.54) is 32.2 Å². The number of nitrogens with one attached hydrogen (secondary N) is 1. The molecule has 0 aliphatic carbocycles. The lowest BCUT2D eigenvalue weighted by molar-refractivity contribution is -0.116. The van der Waals surface area contributed by atoms with E-state index >= 15 is 0 Å². The minimum absolute atomic E-state index is 0.318. The first kappa shape index (κ1) is 20.4. The van der Waals surface area contributed by atoms with Gasteiger partial charge in [-0.15, -0.1) is 0 Å². The van der Waals surface area contributed by atoms with Crippen LogP contribution in [0.5, 0.6) is 5.75 Å². The molecule has 0 saturated carbocycles. The Balaban J connectivity index is 2.34. The van der Waals surface area contributed by atoms with Crippen molar-refractivity contribution in [1.29, 1.82) is 0 Å². The zero-order valence-electron chi connectivity index (χ0n) is 14.4. The number of sulfonamides is 1. The second-order valence-electron chi connectivity index (χ2n) is 5.58. The van der Waals surface area contributed by atoms with Crippen molar-refractivity contribution >= 4 is 50.5 Å². The molecule has 1 unspecified atom stereocenters. The van der Waals surface area contributed by atoms with Gasteiger partial charge >= 0.3 is 0 Å². The second kappa shape index (κ2) is 8.16. The fourth-order valence-electron chi connectivity index (χ4n) is 2.43. The van der Waals surface area contributed by atoms with Crippen LogP contribution >= 0.6 is 23.2 Å². The summed E-state index contributed by atoms with van der Waals surface area (Å²) in [7, 11) is -2.26. The molecule has 2 aromatic rings. The van der Waals surface area contributed by atoms with E-state index in [0.29, 0.717) is 27.2 Å². The molecule has 2 aromatic carbocycles. The molecule has 0 radical (unpaired) electrons. The third-order valence-corrected chi connectivity index (χ3v) is 5.20. The third-order valence-electron chi connectivity index (χ3n) is 3.53. The molecule has 0 heterocycles. The van der Waals surface area contributed by atoms with Gasteiger partial charge < -0.3 is 10.1 Å². The lowest BCUT2D eigenvalue weighted by Crippen LogP contribution is -2.45. The largest absolute Gasteiger partial charge is 0.497 e. The Hall–Kier alpha value is -1.96. The SMILES string of the molecule is COc1cccc(N(C(C)C(=O)Nc2cc(Cl)cc(Cl)c2)S(C)(=O)=O)c1. The van der Waals surface area contributed by atoms with E-state index in [4.69, 9.17) is 27.9 Å². The number of benzene rings is 2. The van der Waals surface area contributed by atoms with Gasteiger partial charge in [-0.1, -0.05) is 29.3 Å². The minimum Gasteiger partial charge on any atom is -0.497 e. The molecule has 2 rings (SSSR count). The minimum atomic E-state index is -3.73. The molecule has 0 aliphatic rings. The Morgan fingerprint density at radius 3 is 2.31 bits per heavy atom. The maximum Gasteiger partial charge on any atom is 0.247 e. The van der Waals surface area contributed by atoms with E-state index in [2.05, 4.69) is 5.32 Å². The van der Waals surface area contributed by atoms with Crippen molar-refractivity contribution in [1.82, 2.24) is 0 Å². The van der Waals surface area contributed by atoms with E-state index < -0.39 is 22.0 Å². The summed E-state index contributed by atoms with van der Waals surface area (Å²) >= 11 is 11.8. The molecule has 1 atom stereocenters. The number of amides is 1. The first-order valence-electron chi connectivity index (χ1n) is 7.52. The number of carbonyl (C=O) groups excluding carboxylic acids is 1. The summed E-state index contributed by atoms with van der Waals surface area (Å²) < 4.78 is 30.8. The number of hydrogen-bond acceptors (Lipinski definition) is 4. The van der Waals surface area contributed by atoms with Crippen molar-refractivity contribution in [3.63, 3.8) is 0 Å². The van der Waals surface area contributed by atoms with Gasteiger partial charge in [0, 0.05) is 21.8 Å². The molecule has 0 spiro atoms. The van der Waals surface area contributed by atoms with Crippen molar-refractivity contribution in [2.24, 2.45) is 0 Å². The monoisotopic (exact) mass is 416 g/mol. The number of carbonyl (C=O) groups is 1. The molecule has 0 saturated heterocycles. The molecule has 0 fully saturated rings. The predicted octanol–water partition coefficient (Wildman–Crippen LogP) is 3.80. The number of hydrogen-bond donors (Lipinski definition) is 1. The molecular formula is C17H18Cl2N2O4S. The van der Waals surface area contributed by atoms with Crippen molar-refractivity contribution in [3.8, 4) is 5.75 Å². The molecule has 1 N–H and O–H groups in total.